The SMILES string of the molecule is COc1ccc2c(c1OC)[C@]13CCN(C)[C@H](C2)[C@]1(OCc1ccccc1)CCC(=O)[C@H]3C. The van der Waals surface area contributed by atoms with Gasteiger partial charge in [-0.25, -0.2) is 0 Å². The molecule has 5 nitrogen and oxygen atoms in total. The average molecular weight is 436 g/mol. The zero-order valence-corrected chi connectivity index (χ0v) is 19.5. The van der Waals surface area contributed by atoms with E-state index in [0.29, 0.717) is 18.8 Å². The number of carbonyl (C=O) groups excluding carboxylic acids is 1. The molecule has 1 saturated heterocycles. The molecule has 2 aliphatic carbocycles. The van der Waals surface area contributed by atoms with Crippen molar-refractivity contribution in [1.82, 2.24) is 4.90 Å². The summed E-state index contributed by atoms with van der Waals surface area (Å²) in [6, 6.07) is 14.7. The third kappa shape index (κ3) is 2.80. The van der Waals surface area contributed by atoms with Gasteiger partial charge in [0.25, 0.3) is 0 Å². The molecule has 3 aliphatic rings. The molecular formula is C27H33NO4. The molecule has 32 heavy (non-hydrogen) atoms. The van der Waals surface area contributed by atoms with Crippen LogP contribution < -0.4 is 9.47 Å². The molecule has 0 unspecified atom stereocenters. The van der Waals surface area contributed by atoms with E-state index in [2.05, 4.69) is 49.2 Å². The highest BCUT2D eigenvalue weighted by atomic mass is 16.5. The van der Waals surface area contributed by atoms with E-state index in [-0.39, 0.29) is 12.0 Å². The largest absolute Gasteiger partial charge is 0.493 e. The maximum absolute atomic E-state index is 13.3. The molecule has 1 aliphatic heterocycles. The van der Waals surface area contributed by atoms with Crippen molar-refractivity contribution in [2.45, 2.75) is 56.3 Å². The predicted octanol–water partition coefficient (Wildman–Crippen LogP) is 4.16. The predicted molar refractivity (Wildman–Crippen MR) is 123 cm³/mol. The number of benzene rings is 2. The summed E-state index contributed by atoms with van der Waals surface area (Å²) in [6.45, 7) is 3.58. The molecule has 0 N–H and O–H groups in total. The quantitative estimate of drug-likeness (QED) is 0.706. The molecule has 2 bridgehead atoms. The van der Waals surface area contributed by atoms with Crippen LogP contribution >= 0.6 is 0 Å². The second kappa shape index (κ2) is 7.89. The first-order valence-corrected chi connectivity index (χ1v) is 11.6. The van der Waals surface area contributed by atoms with Gasteiger partial charge in [0.15, 0.2) is 11.5 Å². The van der Waals surface area contributed by atoms with Gasteiger partial charge in [-0.2, -0.15) is 0 Å². The Morgan fingerprint density at radius 3 is 2.56 bits per heavy atom. The van der Waals surface area contributed by atoms with Gasteiger partial charge in [-0.1, -0.05) is 43.3 Å². The Hall–Kier alpha value is -2.37. The van der Waals surface area contributed by atoms with Crippen molar-refractivity contribution in [3.63, 3.8) is 0 Å². The Kier molecular flexibility index (Phi) is 5.30. The summed E-state index contributed by atoms with van der Waals surface area (Å²) in [7, 11) is 5.59. The van der Waals surface area contributed by atoms with Crippen LogP contribution in [-0.4, -0.2) is 50.1 Å². The zero-order valence-electron chi connectivity index (χ0n) is 19.5. The van der Waals surface area contributed by atoms with E-state index in [1.165, 1.54) is 5.56 Å². The molecule has 4 atom stereocenters. The fourth-order valence-electron chi connectivity index (χ4n) is 6.94. The van der Waals surface area contributed by atoms with Gasteiger partial charge in [-0.3, -0.25) is 4.79 Å². The first-order valence-electron chi connectivity index (χ1n) is 11.6. The van der Waals surface area contributed by atoms with Gasteiger partial charge in [-0.15, -0.1) is 0 Å². The van der Waals surface area contributed by atoms with E-state index in [0.717, 1.165) is 48.4 Å². The van der Waals surface area contributed by atoms with Gasteiger partial charge < -0.3 is 19.1 Å². The molecule has 2 aromatic rings. The van der Waals surface area contributed by atoms with Gasteiger partial charge in [-0.05, 0) is 50.0 Å². The van der Waals surface area contributed by atoms with Crippen LogP contribution in [0.3, 0.4) is 0 Å². The number of Topliss-reactive ketones (excluding diaryl/α,β-unsaturated/α-hetero) is 1. The molecular weight excluding hydrogens is 402 g/mol. The van der Waals surface area contributed by atoms with Crippen LogP contribution in [0.2, 0.25) is 0 Å². The molecule has 1 saturated carbocycles. The van der Waals surface area contributed by atoms with Gasteiger partial charge in [0.05, 0.1) is 26.4 Å². The number of rotatable bonds is 5. The second-order valence-corrected chi connectivity index (χ2v) is 9.61. The van der Waals surface area contributed by atoms with Crippen LogP contribution in [0, 0.1) is 5.92 Å². The van der Waals surface area contributed by atoms with Gasteiger partial charge in [0.1, 0.15) is 5.78 Å². The van der Waals surface area contributed by atoms with E-state index in [9.17, 15) is 4.79 Å². The van der Waals surface area contributed by atoms with Gasteiger partial charge in [0, 0.05) is 29.4 Å². The molecule has 170 valence electrons. The number of hydrogen-bond donors (Lipinski definition) is 0. The Labute approximate surface area is 190 Å². The number of piperidine rings is 1. The highest BCUT2D eigenvalue weighted by Crippen LogP contribution is 2.63. The maximum atomic E-state index is 13.3. The first kappa shape index (κ1) is 21.5. The van der Waals surface area contributed by atoms with E-state index in [1.54, 1.807) is 14.2 Å². The molecule has 0 spiro atoms. The summed E-state index contributed by atoms with van der Waals surface area (Å²) in [4.78, 5) is 15.7. The lowest BCUT2D eigenvalue weighted by Crippen LogP contribution is -2.75. The molecule has 2 aromatic carbocycles. The summed E-state index contributed by atoms with van der Waals surface area (Å²) in [5, 5.41) is 0. The minimum Gasteiger partial charge on any atom is -0.493 e. The normalized spacial score (nSPS) is 31.6. The van der Waals surface area contributed by atoms with Crippen LogP contribution in [0.4, 0.5) is 0 Å². The lowest BCUT2D eigenvalue weighted by atomic mass is 9.45. The Bertz CT molecular complexity index is 1020. The second-order valence-electron chi connectivity index (χ2n) is 9.61. The maximum Gasteiger partial charge on any atom is 0.164 e. The van der Waals surface area contributed by atoms with Crippen molar-refractivity contribution in [2.75, 3.05) is 27.8 Å². The molecule has 1 heterocycles. The summed E-state index contributed by atoms with van der Waals surface area (Å²) >= 11 is 0. The Morgan fingerprint density at radius 2 is 1.84 bits per heavy atom. The fraction of sp³-hybridized carbons (Fsp3) is 0.519. The number of ketones is 1. The summed E-state index contributed by atoms with van der Waals surface area (Å²) in [6.07, 6.45) is 3.03. The number of fused-ring (bicyclic) bond motifs is 1. The van der Waals surface area contributed by atoms with Crippen molar-refractivity contribution in [3.8, 4) is 11.5 Å². The third-order valence-electron chi connectivity index (χ3n) is 8.48. The van der Waals surface area contributed by atoms with Crippen molar-refractivity contribution >= 4 is 5.78 Å². The molecule has 0 radical (unpaired) electrons. The minimum atomic E-state index is -0.462. The smallest absolute Gasteiger partial charge is 0.164 e. The van der Waals surface area contributed by atoms with E-state index in [1.807, 2.05) is 12.1 Å². The van der Waals surface area contributed by atoms with E-state index in [4.69, 9.17) is 14.2 Å². The number of ether oxygens (including phenoxy) is 3. The van der Waals surface area contributed by atoms with Crippen molar-refractivity contribution < 1.29 is 19.0 Å². The average Bonchev–Trinajstić information content (AvgIpc) is 2.82. The zero-order chi connectivity index (χ0) is 22.5. The van der Waals surface area contributed by atoms with E-state index >= 15 is 0 Å². The highest BCUT2D eigenvalue weighted by Gasteiger charge is 2.69. The van der Waals surface area contributed by atoms with Crippen LogP contribution in [0.15, 0.2) is 42.5 Å². The standard InChI is InChI=1S/C27H33NO4/c1-18-21(29)12-13-27(32-17-19-8-6-5-7-9-19)23-16-20-10-11-22(30-3)25(31-4)24(20)26(18,27)14-15-28(23)2/h5-11,18,23H,12-17H2,1-4H3/t18-,23-,26-,27-/m1/s1. The third-order valence-corrected chi connectivity index (χ3v) is 8.48. The summed E-state index contributed by atoms with van der Waals surface area (Å²) < 4.78 is 18.7. The molecule has 5 heteroatoms. The number of hydrogen-bond acceptors (Lipinski definition) is 5. The number of likely N-dealkylation sites (tertiary alicyclic amines) is 1. The van der Waals surface area contributed by atoms with Crippen LogP contribution in [0.5, 0.6) is 11.5 Å². The summed E-state index contributed by atoms with van der Waals surface area (Å²) in [5.74, 6) is 1.66. The fourth-order valence-corrected chi connectivity index (χ4v) is 6.94. The van der Waals surface area contributed by atoms with Crippen molar-refractivity contribution in [3.05, 3.63) is 59.2 Å². The minimum absolute atomic E-state index is 0.150. The summed E-state index contributed by atoms with van der Waals surface area (Å²) in [5.41, 5.74) is 2.64. The Balaban J connectivity index is 1.74. The lowest BCUT2D eigenvalue weighted by molar-refractivity contribution is -0.214. The number of nitrogens with zero attached hydrogens (tertiary/aromatic N) is 1. The molecule has 5 rings (SSSR count). The highest BCUT2D eigenvalue weighted by molar-refractivity contribution is 5.85. The van der Waals surface area contributed by atoms with Gasteiger partial charge in [0.2, 0.25) is 0 Å². The van der Waals surface area contributed by atoms with Crippen LogP contribution in [-0.2, 0) is 28.0 Å². The van der Waals surface area contributed by atoms with Crippen LogP contribution in [0.1, 0.15) is 42.9 Å². The first-order chi connectivity index (χ1) is 15.5. The van der Waals surface area contributed by atoms with Crippen LogP contribution in [0.25, 0.3) is 0 Å². The number of carbonyl (C=O) groups is 1. The molecule has 0 amide bonds. The lowest BCUT2D eigenvalue weighted by Gasteiger charge is -2.66. The van der Waals surface area contributed by atoms with E-state index < -0.39 is 11.0 Å². The number of methoxy groups -OCH3 is 2. The number of likely N-dealkylation sites (N-methyl/N-ethyl adjacent to an activating group) is 1. The molecule has 0 aromatic heterocycles. The van der Waals surface area contributed by atoms with Crippen molar-refractivity contribution in [2.24, 2.45) is 5.92 Å². The Morgan fingerprint density at radius 1 is 1.06 bits per heavy atom. The molecule has 2 fully saturated rings. The van der Waals surface area contributed by atoms with Crippen molar-refractivity contribution in [1.29, 1.82) is 0 Å². The topological polar surface area (TPSA) is 48.0 Å². The monoisotopic (exact) mass is 435 g/mol. The van der Waals surface area contributed by atoms with Gasteiger partial charge >= 0.3 is 0 Å².